The van der Waals surface area contributed by atoms with Crippen LogP contribution in [0.25, 0.3) is 0 Å². The Labute approximate surface area is 161 Å². The van der Waals surface area contributed by atoms with Crippen molar-refractivity contribution in [3.05, 3.63) is 48.4 Å². The average Bonchev–Trinajstić information content (AvgIpc) is 3.16. The number of anilines is 1. The van der Waals surface area contributed by atoms with E-state index in [9.17, 15) is 26.7 Å². The molecule has 1 aromatic heterocycles. The number of alkyl halides is 3. The normalized spacial score (nSPS) is 21.5. The molecule has 6 nitrogen and oxygen atoms in total. The quantitative estimate of drug-likeness (QED) is 0.827. The lowest BCUT2D eigenvalue weighted by molar-refractivity contribution is -0.258. The summed E-state index contributed by atoms with van der Waals surface area (Å²) in [5.74, 6) is 0. The van der Waals surface area contributed by atoms with Crippen molar-refractivity contribution in [3.8, 4) is 0 Å². The van der Waals surface area contributed by atoms with E-state index in [0.717, 1.165) is 0 Å². The Balaban J connectivity index is 1.75. The highest BCUT2D eigenvalue weighted by atomic mass is 32.2. The largest absolute Gasteiger partial charge is 0.471 e. The van der Waals surface area contributed by atoms with Crippen LogP contribution >= 0.6 is 0 Å². The highest BCUT2D eigenvalue weighted by Crippen LogP contribution is 2.39. The fourth-order valence-electron chi connectivity index (χ4n) is 3.22. The molecule has 2 aromatic rings. The maximum Gasteiger partial charge on any atom is 0.421 e. The number of rotatable bonds is 4. The molecule has 0 radical (unpaired) electrons. The molecule has 1 fully saturated rings. The molecule has 2 heterocycles. The molecule has 1 unspecified atom stereocenters. The topological polar surface area (TPSA) is 74.0 Å². The summed E-state index contributed by atoms with van der Waals surface area (Å²) in [5.41, 5.74) is -2.53. The van der Waals surface area contributed by atoms with Gasteiger partial charge in [0.15, 0.2) is 5.60 Å². The first-order valence-electron chi connectivity index (χ1n) is 8.63. The Bertz CT molecular complexity index is 909. The van der Waals surface area contributed by atoms with Gasteiger partial charge in [0, 0.05) is 31.4 Å². The summed E-state index contributed by atoms with van der Waals surface area (Å²) in [6.07, 6.45) is -2.31. The van der Waals surface area contributed by atoms with E-state index in [-0.39, 0.29) is 29.6 Å². The monoisotopic (exact) mass is 418 g/mol. The number of halogens is 3. The van der Waals surface area contributed by atoms with Crippen molar-refractivity contribution in [2.24, 2.45) is 0 Å². The number of hydrogen-bond donors (Lipinski definition) is 1. The molecule has 2 atom stereocenters. The molecule has 1 aliphatic heterocycles. The van der Waals surface area contributed by atoms with Gasteiger partial charge in [0.1, 0.15) is 11.2 Å². The van der Waals surface area contributed by atoms with Crippen LogP contribution in [0.2, 0.25) is 0 Å². The molecule has 1 aliphatic rings. The van der Waals surface area contributed by atoms with Crippen LogP contribution in [0, 0.1) is 0 Å². The van der Waals surface area contributed by atoms with Gasteiger partial charge in [-0.25, -0.2) is 8.42 Å². The standard InChI is InChI=1S/C18H21F3N2O4S/c1-13-11-22(28(25,26)16-7-10-27-12-16)8-9-23(13)15-5-3-14(4-6-15)17(2,24)18(19,20)21/h3-7,10,12-13,24H,8-9,11H2,1-2H3/t13-,17?/m0/s1. The summed E-state index contributed by atoms with van der Waals surface area (Å²) in [7, 11) is -3.64. The maximum atomic E-state index is 13.0. The first-order valence-corrected chi connectivity index (χ1v) is 10.1. The van der Waals surface area contributed by atoms with E-state index in [1.807, 2.05) is 11.8 Å². The molecule has 154 valence electrons. The van der Waals surface area contributed by atoms with Crippen LogP contribution in [0.15, 0.2) is 52.2 Å². The van der Waals surface area contributed by atoms with Gasteiger partial charge >= 0.3 is 6.18 Å². The second-order valence-corrected chi connectivity index (χ2v) is 8.92. The van der Waals surface area contributed by atoms with E-state index in [4.69, 9.17) is 4.42 Å². The minimum absolute atomic E-state index is 0.0897. The van der Waals surface area contributed by atoms with Gasteiger partial charge in [-0.15, -0.1) is 0 Å². The number of aliphatic hydroxyl groups is 1. The van der Waals surface area contributed by atoms with Crippen LogP contribution < -0.4 is 4.90 Å². The zero-order valence-electron chi connectivity index (χ0n) is 15.3. The van der Waals surface area contributed by atoms with Crippen molar-refractivity contribution in [3.63, 3.8) is 0 Å². The molecule has 0 spiro atoms. The fraction of sp³-hybridized carbons (Fsp3) is 0.444. The third-order valence-electron chi connectivity index (χ3n) is 5.04. The van der Waals surface area contributed by atoms with Crippen molar-refractivity contribution < 1.29 is 31.1 Å². The number of furan rings is 1. The molecule has 1 N–H and O–H groups in total. The van der Waals surface area contributed by atoms with Gasteiger partial charge in [-0.2, -0.15) is 17.5 Å². The van der Waals surface area contributed by atoms with Crippen molar-refractivity contribution in [1.29, 1.82) is 0 Å². The second kappa shape index (κ2) is 7.09. The molecule has 1 aromatic carbocycles. The highest BCUT2D eigenvalue weighted by molar-refractivity contribution is 7.89. The Morgan fingerprint density at radius 3 is 2.29 bits per heavy atom. The van der Waals surface area contributed by atoms with Crippen molar-refractivity contribution in [2.75, 3.05) is 24.5 Å². The smallest absolute Gasteiger partial charge is 0.421 e. The predicted molar refractivity (Wildman–Crippen MR) is 96.3 cm³/mol. The molecule has 1 saturated heterocycles. The Morgan fingerprint density at radius 2 is 1.79 bits per heavy atom. The zero-order valence-corrected chi connectivity index (χ0v) is 16.2. The van der Waals surface area contributed by atoms with Crippen LogP contribution in [0.1, 0.15) is 19.4 Å². The number of sulfonamides is 1. The van der Waals surface area contributed by atoms with Gasteiger partial charge in [-0.05, 0) is 37.6 Å². The Morgan fingerprint density at radius 1 is 1.14 bits per heavy atom. The third-order valence-corrected chi connectivity index (χ3v) is 6.88. The Kier molecular flexibility index (Phi) is 5.24. The van der Waals surface area contributed by atoms with Crippen LogP contribution in [-0.2, 0) is 15.6 Å². The number of benzene rings is 1. The van der Waals surface area contributed by atoms with E-state index in [1.54, 1.807) is 0 Å². The molecule has 0 bridgehead atoms. The van der Waals surface area contributed by atoms with Crippen molar-refractivity contribution >= 4 is 15.7 Å². The minimum atomic E-state index is -4.78. The molecule has 10 heteroatoms. The van der Waals surface area contributed by atoms with Crippen LogP contribution in [-0.4, -0.2) is 49.7 Å². The molecule has 0 aliphatic carbocycles. The van der Waals surface area contributed by atoms with Crippen LogP contribution in [0.4, 0.5) is 18.9 Å². The minimum Gasteiger partial charge on any atom is -0.471 e. The lowest BCUT2D eigenvalue weighted by atomic mass is 9.95. The summed E-state index contributed by atoms with van der Waals surface area (Å²) in [5, 5.41) is 9.77. The van der Waals surface area contributed by atoms with Gasteiger partial charge in [0.25, 0.3) is 0 Å². The van der Waals surface area contributed by atoms with Gasteiger partial charge in [0.05, 0.1) is 6.26 Å². The molecule has 28 heavy (non-hydrogen) atoms. The van der Waals surface area contributed by atoms with E-state index < -0.39 is 21.8 Å². The summed E-state index contributed by atoms with van der Waals surface area (Å²) in [4.78, 5) is 2.01. The van der Waals surface area contributed by atoms with Gasteiger partial charge in [-0.3, -0.25) is 0 Å². The van der Waals surface area contributed by atoms with Crippen molar-refractivity contribution in [1.82, 2.24) is 4.31 Å². The average molecular weight is 418 g/mol. The van der Waals surface area contributed by atoms with Crippen LogP contribution in [0.5, 0.6) is 0 Å². The lowest BCUT2D eigenvalue weighted by Crippen LogP contribution is -2.53. The highest BCUT2D eigenvalue weighted by Gasteiger charge is 2.51. The van der Waals surface area contributed by atoms with Gasteiger partial charge in [-0.1, -0.05) is 12.1 Å². The molecule has 3 rings (SSSR count). The summed E-state index contributed by atoms with van der Waals surface area (Å²) in [6, 6.07) is 6.69. The predicted octanol–water partition coefficient (Wildman–Crippen LogP) is 2.95. The SMILES string of the molecule is C[C@H]1CN(S(=O)(=O)c2ccoc2)CCN1c1ccc(C(C)(O)C(F)(F)F)cc1. The molecule has 0 amide bonds. The maximum absolute atomic E-state index is 13.0. The molecule has 0 saturated carbocycles. The van der Waals surface area contributed by atoms with Crippen molar-refractivity contribution in [2.45, 2.75) is 36.6 Å². The number of hydrogen-bond acceptors (Lipinski definition) is 5. The Hall–Kier alpha value is -2.04. The van der Waals surface area contributed by atoms with E-state index in [0.29, 0.717) is 19.2 Å². The zero-order chi connectivity index (χ0) is 20.7. The number of piperazine rings is 1. The molecular formula is C18H21F3N2O4S. The van der Waals surface area contributed by atoms with Gasteiger partial charge < -0.3 is 14.4 Å². The summed E-state index contributed by atoms with van der Waals surface area (Å²) in [6.45, 7) is 3.41. The molecular weight excluding hydrogens is 397 g/mol. The van der Waals surface area contributed by atoms with Gasteiger partial charge in [0.2, 0.25) is 10.0 Å². The lowest BCUT2D eigenvalue weighted by Gasteiger charge is -2.40. The number of nitrogens with zero attached hydrogens (tertiary/aromatic N) is 2. The third kappa shape index (κ3) is 3.63. The first-order chi connectivity index (χ1) is 12.9. The van der Waals surface area contributed by atoms with Crippen LogP contribution in [0.3, 0.4) is 0 Å². The van der Waals surface area contributed by atoms with E-state index >= 15 is 0 Å². The van der Waals surface area contributed by atoms with E-state index in [1.165, 1.54) is 47.2 Å². The summed E-state index contributed by atoms with van der Waals surface area (Å²) < 4.78 is 70.4. The van der Waals surface area contributed by atoms with E-state index in [2.05, 4.69) is 0 Å². The second-order valence-electron chi connectivity index (χ2n) is 6.98. The first kappa shape index (κ1) is 20.7. The fourth-order valence-corrected chi connectivity index (χ4v) is 4.65. The summed E-state index contributed by atoms with van der Waals surface area (Å²) >= 11 is 0.